The van der Waals surface area contributed by atoms with Crippen LogP contribution in [0.2, 0.25) is 0 Å². The Balaban J connectivity index is 1.89. The first-order valence-corrected chi connectivity index (χ1v) is 11.5. The van der Waals surface area contributed by atoms with Gasteiger partial charge in [-0.15, -0.1) is 0 Å². The molecular formula is C22H26N2O6S. The highest BCUT2D eigenvalue weighted by Crippen LogP contribution is 2.38. The lowest BCUT2D eigenvalue weighted by Crippen LogP contribution is -2.48. The van der Waals surface area contributed by atoms with Gasteiger partial charge in [0.05, 0.1) is 31.2 Å². The molecule has 0 radical (unpaired) electrons. The number of carbonyl (C=O) groups excluding carboxylic acids is 2. The molecule has 0 fully saturated rings. The van der Waals surface area contributed by atoms with Crippen LogP contribution in [-0.4, -0.2) is 46.3 Å². The molecule has 1 atom stereocenters. The molecule has 3 rings (SSSR count). The number of rotatable bonds is 4. The molecular weight excluding hydrogens is 420 g/mol. The van der Waals surface area contributed by atoms with Crippen molar-refractivity contribution in [3.63, 3.8) is 0 Å². The first-order chi connectivity index (χ1) is 14.4. The largest absolute Gasteiger partial charge is 0.476 e. The van der Waals surface area contributed by atoms with E-state index in [9.17, 15) is 18.0 Å². The van der Waals surface area contributed by atoms with Crippen molar-refractivity contribution in [2.75, 3.05) is 29.5 Å². The quantitative estimate of drug-likeness (QED) is 0.725. The lowest BCUT2D eigenvalue weighted by Gasteiger charge is -2.35. The van der Waals surface area contributed by atoms with Crippen LogP contribution in [0.15, 0.2) is 42.5 Å². The molecule has 2 aromatic rings. The van der Waals surface area contributed by atoms with Crippen LogP contribution in [0.3, 0.4) is 0 Å². The molecule has 0 saturated carbocycles. The predicted octanol–water partition coefficient (Wildman–Crippen LogP) is 2.94. The number of ether oxygens (including phenoxy) is 2. The van der Waals surface area contributed by atoms with Gasteiger partial charge < -0.3 is 14.8 Å². The van der Waals surface area contributed by atoms with Crippen LogP contribution in [0.5, 0.6) is 5.75 Å². The molecule has 0 saturated heterocycles. The average molecular weight is 447 g/mol. The minimum absolute atomic E-state index is 0.165. The van der Waals surface area contributed by atoms with E-state index in [1.165, 1.54) is 17.5 Å². The minimum atomic E-state index is -3.65. The van der Waals surface area contributed by atoms with Crippen LogP contribution in [0.4, 0.5) is 11.4 Å². The minimum Gasteiger partial charge on any atom is -0.476 e. The molecule has 2 aromatic carbocycles. The van der Waals surface area contributed by atoms with Crippen LogP contribution in [0, 0.1) is 0 Å². The lowest BCUT2D eigenvalue weighted by atomic mass is 9.86. The molecule has 0 spiro atoms. The van der Waals surface area contributed by atoms with E-state index in [-0.39, 0.29) is 17.5 Å². The van der Waals surface area contributed by atoms with Crippen molar-refractivity contribution in [3.05, 3.63) is 53.6 Å². The van der Waals surface area contributed by atoms with Gasteiger partial charge in [-0.25, -0.2) is 13.2 Å². The average Bonchev–Trinajstić information content (AvgIpc) is 2.70. The maximum absolute atomic E-state index is 12.9. The normalized spacial score (nSPS) is 16.2. The van der Waals surface area contributed by atoms with E-state index in [4.69, 9.17) is 4.74 Å². The van der Waals surface area contributed by atoms with Crippen LogP contribution < -0.4 is 14.4 Å². The van der Waals surface area contributed by atoms with Crippen molar-refractivity contribution in [1.82, 2.24) is 0 Å². The Hall–Kier alpha value is -3.07. The number of hydrogen-bond donors (Lipinski definition) is 1. The number of anilines is 2. The summed E-state index contributed by atoms with van der Waals surface area (Å²) in [6, 6.07) is 11.6. The van der Waals surface area contributed by atoms with Crippen LogP contribution in [-0.2, 0) is 25.0 Å². The lowest BCUT2D eigenvalue weighted by molar-refractivity contribution is -0.122. The van der Waals surface area contributed by atoms with E-state index in [0.717, 1.165) is 11.8 Å². The molecule has 1 aliphatic heterocycles. The van der Waals surface area contributed by atoms with E-state index in [0.29, 0.717) is 17.1 Å². The molecule has 0 aliphatic carbocycles. The predicted molar refractivity (Wildman–Crippen MR) is 118 cm³/mol. The Labute approximate surface area is 182 Å². The number of nitrogens with one attached hydrogen (secondary N) is 1. The van der Waals surface area contributed by atoms with Gasteiger partial charge >= 0.3 is 5.97 Å². The summed E-state index contributed by atoms with van der Waals surface area (Å²) in [5.41, 5.74) is 1.83. The maximum atomic E-state index is 12.9. The summed E-state index contributed by atoms with van der Waals surface area (Å²) < 4.78 is 36.7. The van der Waals surface area contributed by atoms with Crippen molar-refractivity contribution < 1.29 is 27.5 Å². The number of sulfonamides is 1. The summed E-state index contributed by atoms with van der Waals surface area (Å²) >= 11 is 0. The first kappa shape index (κ1) is 22.6. The molecule has 31 heavy (non-hydrogen) atoms. The SMILES string of the molecule is COC(=O)c1cccc(NC(=O)C2CN(S(C)(=O)=O)c3cc(C(C)(C)C)ccc3O2)c1. The molecule has 1 unspecified atom stereocenters. The summed E-state index contributed by atoms with van der Waals surface area (Å²) in [7, 11) is -2.38. The Morgan fingerprint density at radius 2 is 1.87 bits per heavy atom. The van der Waals surface area contributed by atoms with E-state index >= 15 is 0 Å². The number of benzene rings is 2. The fourth-order valence-electron chi connectivity index (χ4n) is 3.23. The molecule has 1 N–H and O–H groups in total. The summed E-state index contributed by atoms with van der Waals surface area (Å²) in [5.74, 6) is -0.744. The Morgan fingerprint density at radius 3 is 2.48 bits per heavy atom. The highest BCUT2D eigenvalue weighted by atomic mass is 32.2. The van der Waals surface area contributed by atoms with Crippen molar-refractivity contribution >= 4 is 33.3 Å². The number of fused-ring (bicyclic) bond motifs is 1. The smallest absolute Gasteiger partial charge is 0.337 e. The second-order valence-electron chi connectivity index (χ2n) is 8.39. The van der Waals surface area contributed by atoms with Gasteiger partial charge in [-0.2, -0.15) is 0 Å². The van der Waals surface area contributed by atoms with Crippen LogP contribution >= 0.6 is 0 Å². The third kappa shape index (κ3) is 4.99. The maximum Gasteiger partial charge on any atom is 0.337 e. The number of esters is 1. The Bertz CT molecular complexity index is 1120. The molecule has 1 heterocycles. The van der Waals surface area contributed by atoms with Crippen LogP contribution in [0.1, 0.15) is 36.7 Å². The van der Waals surface area contributed by atoms with E-state index in [1.807, 2.05) is 26.8 Å². The fourth-order valence-corrected chi connectivity index (χ4v) is 4.14. The number of nitrogens with zero attached hydrogens (tertiary/aromatic N) is 1. The molecule has 0 aromatic heterocycles. The zero-order valence-corrected chi connectivity index (χ0v) is 18.9. The molecule has 8 nitrogen and oxygen atoms in total. The molecule has 1 amide bonds. The summed E-state index contributed by atoms with van der Waals surface area (Å²) in [6.45, 7) is 5.92. The van der Waals surface area contributed by atoms with Crippen molar-refractivity contribution in [3.8, 4) is 5.75 Å². The van der Waals surface area contributed by atoms with E-state index in [2.05, 4.69) is 10.1 Å². The Morgan fingerprint density at radius 1 is 1.16 bits per heavy atom. The van der Waals surface area contributed by atoms with Crippen LogP contribution in [0.25, 0.3) is 0 Å². The monoisotopic (exact) mass is 446 g/mol. The van der Waals surface area contributed by atoms with Crippen molar-refractivity contribution in [1.29, 1.82) is 0 Å². The number of amides is 1. The van der Waals surface area contributed by atoms with Gasteiger partial charge in [0.2, 0.25) is 10.0 Å². The van der Waals surface area contributed by atoms with Crippen molar-refractivity contribution in [2.24, 2.45) is 0 Å². The topological polar surface area (TPSA) is 102 Å². The Kier molecular flexibility index (Phi) is 6.00. The summed E-state index contributed by atoms with van der Waals surface area (Å²) in [4.78, 5) is 24.6. The first-order valence-electron chi connectivity index (χ1n) is 9.68. The third-order valence-electron chi connectivity index (χ3n) is 4.94. The zero-order valence-electron chi connectivity index (χ0n) is 18.1. The van der Waals surface area contributed by atoms with Gasteiger partial charge in [-0.1, -0.05) is 32.9 Å². The molecule has 166 valence electrons. The van der Waals surface area contributed by atoms with Crippen molar-refractivity contribution in [2.45, 2.75) is 32.3 Å². The number of hydrogen-bond acceptors (Lipinski definition) is 6. The second kappa shape index (κ2) is 8.22. The highest BCUT2D eigenvalue weighted by Gasteiger charge is 2.36. The molecule has 0 bridgehead atoms. The van der Waals surface area contributed by atoms with Gasteiger partial charge in [0.25, 0.3) is 5.91 Å². The molecule has 1 aliphatic rings. The second-order valence-corrected chi connectivity index (χ2v) is 10.3. The van der Waals surface area contributed by atoms with Gasteiger partial charge in [-0.05, 0) is 41.3 Å². The number of carbonyl (C=O) groups is 2. The number of methoxy groups -OCH3 is 1. The van der Waals surface area contributed by atoms with Gasteiger partial charge in [0.1, 0.15) is 5.75 Å². The highest BCUT2D eigenvalue weighted by molar-refractivity contribution is 7.92. The fraction of sp³-hybridized carbons (Fsp3) is 0.364. The van der Waals surface area contributed by atoms with Gasteiger partial charge in [-0.3, -0.25) is 9.10 Å². The van der Waals surface area contributed by atoms with E-state index in [1.54, 1.807) is 30.3 Å². The zero-order chi connectivity index (χ0) is 23.0. The van der Waals surface area contributed by atoms with Gasteiger partial charge in [0.15, 0.2) is 6.10 Å². The summed E-state index contributed by atoms with van der Waals surface area (Å²) in [6.07, 6.45) is 0.0326. The third-order valence-corrected chi connectivity index (χ3v) is 6.08. The molecule has 9 heteroatoms. The van der Waals surface area contributed by atoms with E-state index < -0.39 is 28.0 Å². The summed E-state index contributed by atoms with van der Waals surface area (Å²) in [5, 5.41) is 2.68. The van der Waals surface area contributed by atoms with Gasteiger partial charge in [0, 0.05) is 5.69 Å². The standard InChI is InChI=1S/C22H26N2O6S/c1-22(2,3)15-9-10-18-17(12-15)24(31(5,27)28)13-19(30-18)20(25)23-16-8-6-7-14(11-16)21(26)29-4/h6-12,19H,13H2,1-5H3,(H,23,25).